The molecular formula is C21H23NO5. The summed E-state index contributed by atoms with van der Waals surface area (Å²) in [4.78, 5) is 27.5. The molecule has 2 aromatic rings. The smallest absolute Gasteiger partial charge is 0.313 e. The summed E-state index contributed by atoms with van der Waals surface area (Å²) < 4.78 is 15.8. The number of fused-ring (bicyclic) bond motifs is 1. The Morgan fingerprint density at radius 2 is 1.59 bits per heavy atom. The van der Waals surface area contributed by atoms with Gasteiger partial charge in [-0.3, -0.25) is 9.59 Å². The number of hydrogen-bond donors (Lipinski definition) is 0. The maximum Gasteiger partial charge on any atom is 0.313 e. The minimum atomic E-state index is -0.398. The number of anilines is 1. The summed E-state index contributed by atoms with van der Waals surface area (Å²) in [5, 5.41) is 0. The number of carbonyl (C=O) groups is 2. The number of benzene rings is 2. The van der Waals surface area contributed by atoms with Crippen molar-refractivity contribution in [3.05, 3.63) is 53.6 Å². The van der Waals surface area contributed by atoms with Gasteiger partial charge in [-0.2, -0.15) is 0 Å². The summed E-state index contributed by atoms with van der Waals surface area (Å²) in [7, 11) is 4.42. The number of hydrogen-bond acceptors (Lipinski definition) is 5. The summed E-state index contributed by atoms with van der Waals surface area (Å²) in [6, 6.07) is 12.5. The molecule has 0 fully saturated rings. The third-order valence-electron chi connectivity index (χ3n) is 4.94. The van der Waals surface area contributed by atoms with Gasteiger partial charge in [-0.1, -0.05) is 24.3 Å². The lowest BCUT2D eigenvalue weighted by atomic mass is 9.85. The summed E-state index contributed by atoms with van der Waals surface area (Å²) in [5.74, 6) is -0.0353. The topological polar surface area (TPSA) is 65.1 Å². The Bertz CT molecular complexity index is 841. The maximum atomic E-state index is 13.5. The second kappa shape index (κ2) is 7.70. The Balaban J connectivity index is 2.12. The van der Waals surface area contributed by atoms with E-state index in [1.807, 2.05) is 31.2 Å². The fourth-order valence-corrected chi connectivity index (χ4v) is 3.67. The van der Waals surface area contributed by atoms with Crippen LogP contribution in [0.15, 0.2) is 42.5 Å². The summed E-state index contributed by atoms with van der Waals surface area (Å²) in [6.07, 6.45) is 0.479. The van der Waals surface area contributed by atoms with E-state index in [0.717, 1.165) is 5.56 Å². The van der Waals surface area contributed by atoms with E-state index in [4.69, 9.17) is 14.2 Å². The minimum Gasteiger partial charge on any atom is -0.496 e. The summed E-state index contributed by atoms with van der Waals surface area (Å²) in [6.45, 7) is 1.92. The molecule has 0 saturated heterocycles. The van der Waals surface area contributed by atoms with E-state index in [1.54, 1.807) is 23.1 Å². The van der Waals surface area contributed by atoms with Gasteiger partial charge in [0.2, 0.25) is 0 Å². The Morgan fingerprint density at radius 1 is 0.963 bits per heavy atom. The molecule has 1 heterocycles. The van der Waals surface area contributed by atoms with Gasteiger partial charge in [0.25, 0.3) is 5.91 Å². The largest absolute Gasteiger partial charge is 0.496 e. The highest BCUT2D eigenvalue weighted by Gasteiger charge is 2.39. The first-order valence-corrected chi connectivity index (χ1v) is 8.74. The molecule has 0 bridgehead atoms. The number of ether oxygens (including phenoxy) is 3. The molecule has 2 aromatic carbocycles. The van der Waals surface area contributed by atoms with Crippen LogP contribution in [0, 0.1) is 0 Å². The van der Waals surface area contributed by atoms with Gasteiger partial charge in [0.15, 0.2) is 0 Å². The molecule has 6 heteroatoms. The molecule has 2 unspecified atom stereocenters. The van der Waals surface area contributed by atoms with Crippen LogP contribution in [0.1, 0.15) is 35.2 Å². The number of para-hydroxylation sites is 1. The molecule has 0 radical (unpaired) electrons. The normalized spacial score (nSPS) is 18.4. The fourth-order valence-electron chi connectivity index (χ4n) is 3.67. The van der Waals surface area contributed by atoms with E-state index in [2.05, 4.69) is 0 Å². The second-order valence-corrected chi connectivity index (χ2v) is 6.43. The molecule has 1 amide bonds. The van der Waals surface area contributed by atoms with Crippen LogP contribution in [0.5, 0.6) is 11.5 Å². The van der Waals surface area contributed by atoms with Crippen LogP contribution in [0.4, 0.5) is 5.69 Å². The van der Waals surface area contributed by atoms with Crippen LogP contribution < -0.4 is 14.4 Å². The van der Waals surface area contributed by atoms with Crippen molar-refractivity contribution in [3.8, 4) is 11.5 Å². The number of carbonyl (C=O) groups excluding carboxylic acids is 2. The number of rotatable bonds is 4. The van der Waals surface area contributed by atoms with E-state index in [1.165, 1.54) is 21.3 Å². The number of esters is 1. The van der Waals surface area contributed by atoms with Crippen molar-refractivity contribution >= 4 is 17.6 Å². The van der Waals surface area contributed by atoms with Crippen molar-refractivity contribution in [2.45, 2.75) is 25.3 Å². The van der Waals surface area contributed by atoms with E-state index < -0.39 is 5.92 Å². The number of nitrogens with zero attached hydrogens (tertiary/aromatic N) is 1. The zero-order chi connectivity index (χ0) is 19.6. The van der Waals surface area contributed by atoms with Crippen molar-refractivity contribution in [2.75, 3.05) is 26.2 Å². The predicted octanol–water partition coefficient (Wildman–Crippen LogP) is 3.40. The van der Waals surface area contributed by atoms with Gasteiger partial charge < -0.3 is 19.1 Å². The van der Waals surface area contributed by atoms with Crippen LogP contribution in [0.25, 0.3) is 0 Å². The zero-order valence-corrected chi connectivity index (χ0v) is 15.9. The molecule has 1 aliphatic heterocycles. The minimum absolute atomic E-state index is 0.203. The van der Waals surface area contributed by atoms with Crippen LogP contribution in [0.3, 0.4) is 0 Å². The Morgan fingerprint density at radius 3 is 2.19 bits per heavy atom. The standard InChI is InChI=1S/C21H23NO5/c1-13-12-15(21(24)27-4)14-8-5-6-9-16(14)22(13)20(23)19-17(25-2)10-7-11-18(19)26-3/h5-11,13,15H,12H2,1-4H3. The monoisotopic (exact) mass is 369 g/mol. The summed E-state index contributed by atoms with van der Waals surface area (Å²) in [5.41, 5.74) is 1.84. The van der Waals surface area contributed by atoms with Crippen LogP contribution >= 0.6 is 0 Å². The van der Waals surface area contributed by atoms with E-state index >= 15 is 0 Å². The van der Waals surface area contributed by atoms with Crippen molar-refractivity contribution in [1.82, 2.24) is 0 Å². The predicted molar refractivity (Wildman–Crippen MR) is 102 cm³/mol. The van der Waals surface area contributed by atoms with Gasteiger partial charge in [-0.15, -0.1) is 0 Å². The van der Waals surface area contributed by atoms with Gasteiger partial charge in [0.1, 0.15) is 17.1 Å². The Kier molecular flexibility index (Phi) is 5.35. The molecule has 142 valence electrons. The molecule has 27 heavy (non-hydrogen) atoms. The zero-order valence-electron chi connectivity index (χ0n) is 15.9. The van der Waals surface area contributed by atoms with Crippen LogP contribution in [-0.2, 0) is 9.53 Å². The molecule has 6 nitrogen and oxygen atoms in total. The molecule has 0 aliphatic carbocycles. The molecule has 2 atom stereocenters. The molecule has 0 N–H and O–H groups in total. The van der Waals surface area contributed by atoms with Gasteiger partial charge in [0, 0.05) is 11.7 Å². The van der Waals surface area contributed by atoms with E-state index in [-0.39, 0.29) is 17.9 Å². The quantitative estimate of drug-likeness (QED) is 0.773. The number of methoxy groups -OCH3 is 3. The third-order valence-corrected chi connectivity index (χ3v) is 4.94. The van der Waals surface area contributed by atoms with Gasteiger partial charge in [0.05, 0.1) is 27.2 Å². The van der Waals surface area contributed by atoms with Crippen molar-refractivity contribution in [2.24, 2.45) is 0 Å². The van der Waals surface area contributed by atoms with Crippen LogP contribution in [-0.4, -0.2) is 39.2 Å². The fraction of sp³-hybridized carbons (Fsp3) is 0.333. The lowest BCUT2D eigenvalue weighted by Gasteiger charge is -2.38. The van der Waals surface area contributed by atoms with Crippen molar-refractivity contribution in [3.63, 3.8) is 0 Å². The van der Waals surface area contributed by atoms with Crippen molar-refractivity contribution < 1.29 is 23.8 Å². The first kappa shape index (κ1) is 18.8. The maximum absolute atomic E-state index is 13.5. The van der Waals surface area contributed by atoms with Gasteiger partial charge in [-0.25, -0.2) is 0 Å². The lowest BCUT2D eigenvalue weighted by Crippen LogP contribution is -2.44. The Hall–Kier alpha value is -3.02. The number of amides is 1. The molecule has 3 rings (SSSR count). The lowest BCUT2D eigenvalue weighted by molar-refractivity contribution is -0.142. The average Bonchev–Trinajstić information content (AvgIpc) is 2.71. The summed E-state index contributed by atoms with van der Waals surface area (Å²) >= 11 is 0. The first-order valence-electron chi connectivity index (χ1n) is 8.74. The van der Waals surface area contributed by atoms with Crippen LogP contribution in [0.2, 0.25) is 0 Å². The van der Waals surface area contributed by atoms with Crippen molar-refractivity contribution in [1.29, 1.82) is 0 Å². The molecular weight excluding hydrogens is 346 g/mol. The molecule has 1 aliphatic rings. The van der Waals surface area contributed by atoms with E-state index in [9.17, 15) is 9.59 Å². The average molecular weight is 369 g/mol. The third kappa shape index (κ3) is 3.23. The highest BCUT2D eigenvalue weighted by molar-refractivity contribution is 6.11. The highest BCUT2D eigenvalue weighted by atomic mass is 16.5. The molecule has 0 aromatic heterocycles. The van der Waals surface area contributed by atoms with Gasteiger partial charge in [-0.05, 0) is 37.1 Å². The first-order chi connectivity index (χ1) is 13.0. The molecule has 0 spiro atoms. The Labute approximate surface area is 158 Å². The SMILES string of the molecule is COC(=O)C1CC(C)N(C(=O)c2c(OC)cccc2OC)c2ccccc21. The van der Waals surface area contributed by atoms with E-state index in [0.29, 0.717) is 29.2 Å². The second-order valence-electron chi connectivity index (χ2n) is 6.43. The molecule has 0 saturated carbocycles. The highest BCUT2D eigenvalue weighted by Crippen LogP contribution is 2.41. The van der Waals surface area contributed by atoms with Gasteiger partial charge >= 0.3 is 5.97 Å².